The van der Waals surface area contributed by atoms with E-state index in [1.54, 1.807) is 4.90 Å². The number of carbonyl (C=O) groups excluding carboxylic acids is 1. The Morgan fingerprint density at radius 1 is 1.31 bits per heavy atom. The van der Waals surface area contributed by atoms with Crippen molar-refractivity contribution in [2.24, 2.45) is 28.9 Å². The van der Waals surface area contributed by atoms with Crippen LogP contribution in [-0.2, 0) is 4.79 Å². The van der Waals surface area contributed by atoms with Crippen molar-refractivity contribution in [2.45, 2.75) is 26.2 Å². The average molecular weight is 347 g/mol. The molecule has 1 aliphatic heterocycles. The van der Waals surface area contributed by atoms with E-state index in [1.807, 2.05) is 6.08 Å². The van der Waals surface area contributed by atoms with Gasteiger partial charge in [-0.3, -0.25) is 4.79 Å². The predicted octanol–water partition coefficient (Wildman–Crippen LogP) is 2.15. The lowest BCUT2D eigenvalue weighted by molar-refractivity contribution is -0.129. The maximum Gasteiger partial charge on any atom is 0.219 e. The van der Waals surface area contributed by atoms with Crippen LogP contribution in [0.2, 0.25) is 0 Å². The molecule has 132 valence electrons. The highest BCUT2D eigenvalue weighted by Gasteiger charge is 2.56. The number of hydrogen-bond acceptors (Lipinski definition) is 5. The molecule has 6 nitrogen and oxygen atoms in total. The number of fused-ring (bicyclic) bond motifs is 1. The molecule has 6 heteroatoms. The van der Waals surface area contributed by atoms with Crippen LogP contribution in [0.3, 0.4) is 0 Å². The first kappa shape index (κ1) is 17.8. The molecule has 0 aromatic rings. The smallest absolute Gasteiger partial charge is 0.219 e. The summed E-state index contributed by atoms with van der Waals surface area (Å²) in [4.78, 5) is 13.6. The molecule has 0 aromatic heterocycles. The van der Waals surface area contributed by atoms with Gasteiger partial charge in [-0.25, -0.2) is 0 Å². The van der Waals surface area contributed by atoms with Crippen LogP contribution in [-0.4, -0.2) is 23.9 Å². The van der Waals surface area contributed by atoms with Crippen molar-refractivity contribution in [3.8, 4) is 18.2 Å². The van der Waals surface area contributed by atoms with E-state index in [2.05, 4.69) is 30.4 Å². The first-order chi connectivity index (χ1) is 12.5. The van der Waals surface area contributed by atoms with E-state index < -0.39 is 5.41 Å². The van der Waals surface area contributed by atoms with Crippen molar-refractivity contribution in [3.63, 3.8) is 0 Å². The molecule has 0 fully saturated rings. The second-order valence-electron chi connectivity index (χ2n) is 7.19. The first-order valence-corrected chi connectivity index (χ1v) is 8.84. The fourth-order valence-corrected chi connectivity index (χ4v) is 4.70. The summed E-state index contributed by atoms with van der Waals surface area (Å²) in [5.74, 6) is -0.514. The summed E-state index contributed by atoms with van der Waals surface area (Å²) in [6.45, 7) is 2.34. The molecule has 0 radical (unpaired) electrons. The number of nitrogens with two attached hydrogens (primary N) is 1. The lowest BCUT2D eigenvalue weighted by Gasteiger charge is -2.48. The van der Waals surface area contributed by atoms with Crippen LogP contribution in [0.25, 0.3) is 0 Å². The summed E-state index contributed by atoms with van der Waals surface area (Å²) >= 11 is 0. The maximum absolute atomic E-state index is 11.9. The van der Waals surface area contributed by atoms with Gasteiger partial charge in [-0.05, 0) is 30.8 Å². The second kappa shape index (κ2) is 6.70. The Balaban J connectivity index is 2.21. The van der Waals surface area contributed by atoms with E-state index in [0.29, 0.717) is 13.1 Å². The number of hydrogen-bond donors (Lipinski definition) is 1. The van der Waals surface area contributed by atoms with Gasteiger partial charge in [0, 0.05) is 31.8 Å². The lowest BCUT2D eigenvalue weighted by atomic mass is 9.55. The van der Waals surface area contributed by atoms with E-state index in [4.69, 9.17) is 5.73 Å². The second-order valence-corrected chi connectivity index (χ2v) is 7.19. The Morgan fingerprint density at radius 2 is 2.04 bits per heavy atom. The van der Waals surface area contributed by atoms with Crippen molar-refractivity contribution in [1.29, 1.82) is 15.8 Å². The van der Waals surface area contributed by atoms with Gasteiger partial charge in [0.15, 0.2) is 5.41 Å². The first-order valence-electron chi connectivity index (χ1n) is 8.84. The third-order valence-electron chi connectivity index (χ3n) is 5.99. The van der Waals surface area contributed by atoms with E-state index in [-0.39, 0.29) is 34.9 Å². The molecule has 1 amide bonds. The zero-order valence-corrected chi connectivity index (χ0v) is 14.8. The van der Waals surface area contributed by atoms with Gasteiger partial charge in [0.2, 0.25) is 5.91 Å². The van der Waals surface area contributed by atoms with Crippen molar-refractivity contribution in [2.75, 3.05) is 13.1 Å². The number of amides is 1. The molecule has 0 spiro atoms. The largest absolute Gasteiger partial charge is 0.399 e. The number of nitrogens with zero attached hydrogens (tertiary/aromatic N) is 4. The Labute approximate surface area is 153 Å². The van der Waals surface area contributed by atoms with Gasteiger partial charge < -0.3 is 10.6 Å². The van der Waals surface area contributed by atoms with Crippen molar-refractivity contribution in [3.05, 3.63) is 35.1 Å². The van der Waals surface area contributed by atoms with Crippen molar-refractivity contribution in [1.82, 2.24) is 4.90 Å². The Morgan fingerprint density at radius 3 is 2.58 bits per heavy atom. The molecular weight excluding hydrogens is 326 g/mol. The molecular formula is C20H21N5O. The Hall–Kier alpha value is -3.04. The van der Waals surface area contributed by atoms with Gasteiger partial charge in [0.25, 0.3) is 0 Å². The van der Waals surface area contributed by atoms with Crippen LogP contribution in [0.4, 0.5) is 0 Å². The molecule has 26 heavy (non-hydrogen) atoms. The van der Waals surface area contributed by atoms with Gasteiger partial charge in [-0.2, -0.15) is 15.8 Å². The van der Waals surface area contributed by atoms with Crippen LogP contribution < -0.4 is 5.73 Å². The summed E-state index contributed by atoms with van der Waals surface area (Å²) in [5, 5.41) is 29.6. The third kappa shape index (κ3) is 2.49. The molecule has 0 saturated carbocycles. The molecule has 3 unspecified atom stereocenters. The highest BCUT2D eigenvalue weighted by atomic mass is 16.2. The quantitative estimate of drug-likeness (QED) is 0.729. The number of carbonyl (C=O) groups is 1. The van der Waals surface area contributed by atoms with E-state index in [0.717, 1.165) is 24.8 Å². The van der Waals surface area contributed by atoms with Crippen LogP contribution in [0.15, 0.2) is 35.1 Å². The minimum Gasteiger partial charge on any atom is -0.399 e. The van der Waals surface area contributed by atoms with E-state index in [1.165, 1.54) is 6.92 Å². The van der Waals surface area contributed by atoms with Crippen molar-refractivity contribution >= 4 is 5.91 Å². The zero-order chi connectivity index (χ0) is 18.9. The molecule has 0 bridgehead atoms. The third-order valence-corrected chi connectivity index (χ3v) is 5.99. The number of allylic oxidation sites excluding steroid dienone is 4. The molecule has 2 N–H and O–H groups in total. The van der Waals surface area contributed by atoms with E-state index >= 15 is 0 Å². The van der Waals surface area contributed by atoms with Gasteiger partial charge in [0.1, 0.15) is 6.07 Å². The van der Waals surface area contributed by atoms with Gasteiger partial charge in [-0.1, -0.05) is 18.2 Å². The van der Waals surface area contributed by atoms with Crippen LogP contribution in [0.5, 0.6) is 0 Å². The molecule has 3 rings (SSSR count). The topological polar surface area (TPSA) is 118 Å². The fraction of sp³-hybridized carbons (Fsp3) is 0.500. The minimum absolute atomic E-state index is 0.0527. The fourth-order valence-electron chi connectivity index (χ4n) is 4.70. The Bertz CT molecular complexity index is 831. The van der Waals surface area contributed by atoms with Gasteiger partial charge in [-0.15, -0.1) is 0 Å². The Kier molecular flexibility index (Phi) is 4.58. The minimum atomic E-state index is -1.54. The molecule has 3 aliphatic rings. The molecule has 1 heterocycles. The van der Waals surface area contributed by atoms with Crippen molar-refractivity contribution < 1.29 is 4.79 Å². The van der Waals surface area contributed by atoms with Crippen LogP contribution in [0, 0.1) is 57.2 Å². The van der Waals surface area contributed by atoms with Crippen LogP contribution in [0.1, 0.15) is 26.2 Å². The lowest BCUT2D eigenvalue weighted by Crippen LogP contribution is -2.52. The molecule has 0 saturated heterocycles. The predicted molar refractivity (Wildman–Crippen MR) is 94.3 cm³/mol. The van der Waals surface area contributed by atoms with E-state index in [9.17, 15) is 20.6 Å². The van der Waals surface area contributed by atoms with Crippen LogP contribution >= 0.6 is 0 Å². The van der Waals surface area contributed by atoms with Gasteiger partial charge >= 0.3 is 0 Å². The standard InChI is InChI=1S/C20H21N5O/c1-13(26)25-8-7-15-16(9-21)19(24)20(11-22,12-23)18(17(15)10-25)14-5-3-2-4-6-14/h2-3,7,14,17-18H,4-6,8,10,24H2,1H3. The summed E-state index contributed by atoms with van der Waals surface area (Å²) in [5.41, 5.74) is 5.83. The number of nitriles is 3. The molecule has 2 aliphatic carbocycles. The monoisotopic (exact) mass is 347 g/mol. The highest BCUT2D eigenvalue weighted by molar-refractivity contribution is 5.74. The molecule has 3 atom stereocenters. The SMILES string of the molecule is CC(=O)N1CC=C2C(C#N)=C(N)C(C#N)(C#N)C(C3CC=CCC3)C2C1. The molecule has 0 aromatic carbocycles. The highest BCUT2D eigenvalue weighted by Crippen LogP contribution is 2.54. The zero-order valence-electron chi connectivity index (χ0n) is 14.8. The summed E-state index contributed by atoms with van der Waals surface area (Å²) in [6, 6.07) is 6.42. The average Bonchev–Trinajstić information content (AvgIpc) is 2.67. The normalized spacial score (nSPS) is 29.7. The summed E-state index contributed by atoms with van der Waals surface area (Å²) in [6.07, 6.45) is 8.60. The maximum atomic E-state index is 11.9. The van der Waals surface area contributed by atoms with Gasteiger partial charge in [0.05, 0.1) is 23.4 Å². The summed E-state index contributed by atoms with van der Waals surface area (Å²) < 4.78 is 0. The number of rotatable bonds is 1. The summed E-state index contributed by atoms with van der Waals surface area (Å²) in [7, 11) is 0.